The van der Waals surface area contributed by atoms with Crippen LogP contribution in [0.5, 0.6) is 11.5 Å². The molecule has 0 bridgehead atoms. The Bertz CT molecular complexity index is 1760. The molecule has 13 heteroatoms. The molecule has 0 aliphatic carbocycles. The molecule has 0 unspecified atom stereocenters. The van der Waals surface area contributed by atoms with Crippen LogP contribution in [0, 0.1) is 11.3 Å². The number of ether oxygens (including phenoxy) is 2. The van der Waals surface area contributed by atoms with Gasteiger partial charge in [-0.2, -0.15) is 5.26 Å². The maximum absolute atomic E-state index is 13.3. The number of benzene rings is 3. The minimum absolute atomic E-state index is 0.0684. The molecule has 2 heterocycles. The molecule has 9 nitrogen and oxygen atoms in total. The number of alkyl halides is 3. The van der Waals surface area contributed by atoms with Crippen molar-refractivity contribution in [1.82, 2.24) is 10.3 Å². The number of aliphatic hydroxyl groups excluding tert-OH is 1. The van der Waals surface area contributed by atoms with Crippen LogP contribution in [0.3, 0.4) is 0 Å². The van der Waals surface area contributed by atoms with Gasteiger partial charge in [-0.1, -0.05) is 18.2 Å². The monoisotopic (exact) mass is 624 g/mol. The molecule has 1 aromatic heterocycles. The third-order valence-electron chi connectivity index (χ3n) is 6.93. The molecule has 0 saturated heterocycles. The van der Waals surface area contributed by atoms with Gasteiger partial charge in [0.05, 0.1) is 17.7 Å². The van der Waals surface area contributed by atoms with Crippen molar-refractivity contribution in [2.45, 2.75) is 36.3 Å². The Morgan fingerprint density at radius 1 is 1.09 bits per heavy atom. The third kappa shape index (κ3) is 7.65. The SMILES string of the molecule is N#Cc1ccc(NS(=O)(=O)c2ccc(-c3ccc4c(c3)CC[C@H](CNC[C@@H](O)c3cccnc3)O4)cc2OC(F)(F)F)cc1. The number of pyridine rings is 1. The topological polar surface area (TPSA) is 134 Å². The van der Waals surface area contributed by atoms with E-state index < -0.39 is 33.1 Å². The van der Waals surface area contributed by atoms with Crippen molar-refractivity contribution in [2.75, 3.05) is 17.8 Å². The number of halogens is 3. The largest absolute Gasteiger partial charge is 0.573 e. The predicted molar refractivity (Wildman–Crippen MR) is 155 cm³/mol. The second-order valence-electron chi connectivity index (χ2n) is 10.1. The number of sulfonamides is 1. The van der Waals surface area contributed by atoms with E-state index in [-0.39, 0.29) is 17.4 Å². The smallest absolute Gasteiger partial charge is 0.489 e. The molecule has 1 aliphatic rings. The Morgan fingerprint density at radius 2 is 1.84 bits per heavy atom. The summed E-state index contributed by atoms with van der Waals surface area (Å²) in [5.74, 6) is -0.248. The second-order valence-corrected chi connectivity index (χ2v) is 11.7. The quantitative estimate of drug-likeness (QED) is 0.216. The molecule has 3 aromatic carbocycles. The number of aliphatic hydroxyl groups is 1. The van der Waals surface area contributed by atoms with Gasteiger partial charge in [0.25, 0.3) is 10.0 Å². The Kier molecular flexibility index (Phi) is 9.05. The fraction of sp³-hybridized carbons (Fsp3) is 0.226. The third-order valence-corrected chi connectivity index (χ3v) is 8.35. The van der Waals surface area contributed by atoms with Crippen LogP contribution in [0.15, 0.2) is 90.1 Å². The summed E-state index contributed by atoms with van der Waals surface area (Å²) in [6, 6.07) is 19.6. The van der Waals surface area contributed by atoms with Crippen LogP contribution >= 0.6 is 0 Å². The van der Waals surface area contributed by atoms with Gasteiger partial charge in [0.1, 0.15) is 16.7 Å². The van der Waals surface area contributed by atoms with Crippen LogP contribution in [-0.2, 0) is 16.4 Å². The van der Waals surface area contributed by atoms with Crippen molar-refractivity contribution >= 4 is 15.7 Å². The molecular formula is C31H27F3N4O5S. The molecule has 44 heavy (non-hydrogen) atoms. The van der Waals surface area contributed by atoms with Crippen LogP contribution in [0.1, 0.15) is 29.2 Å². The van der Waals surface area contributed by atoms with Crippen molar-refractivity contribution in [1.29, 1.82) is 5.26 Å². The number of nitrogens with zero attached hydrogens (tertiary/aromatic N) is 2. The maximum atomic E-state index is 13.3. The highest BCUT2D eigenvalue weighted by Crippen LogP contribution is 2.37. The van der Waals surface area contributed by atoms with Gasteiger partial charge in [-0.05, 0) is 84.1 Å². The van der Waals surface area contributed by atoms with E-state index in [0.717, 1.165) is 17.7 Å². The maximum Gasteiger partial charge on any atom is 0.573 e. The standard InChI is InChI=1S/C31H27F3N4O5S/c32-31(33,34)43-29-15-22(7-12-30(29)44(40,41)38-25-8-3-20(16-35)4-9-25)21-6-11-28-23(14-21)5-10-26(42-28)18-37-19-27(39)24-2-1-13-36-17-24/h1-4,6-9,11-15,17,26-27,37-39H,5,10,18-19H2/t26-,27-/m1/s1. The average molecular weight is 625 g/mol. The highest BCUT2D eigenvalue weighted by atomic mass is 32.2. The lowest BCUT2D eigenvalue weighted by molar-refractivity contribution is -0.275. The summed E-state index contributed by atoms with van der Waals surface area (Å²) in [5, 5.41) is 22.5. The first-order valence-corrected chi connectivity index (χ1v) is 15.0. The van der Waals surface area contributed by atoms with E-state index in [1.54, 1.807) is 42.7 Å². The summed E-state index contributed by atoms with van der Waals surface area (Å²) in [4.78, 5) is 3.31. The van der Waals surface area contributed by atoms with Gasteiger partial charge in [-0.3, -0.25) is 9.71 Å². The number of aromatic nitrogens is 1. The van der Waals surface area contributed by atoms with Gasteiger partial charge in [0, 0.05) is 36.7 Å². The number of fused-ring (bicyclic) bond motifs is 1. The van der Waals surface area contributed by atoms with E-state index in [2.05, 4.69) is 19.8 Å². The minimum atomic E-state index is -5.14. The van der Waals surface area contributed by atoms with Crippen LogP contribution in [-0.4, -0.2) is 44.1 Å². The number of nitriles is 1. The van der Waals surface area contributed by atoms with Gasteiger partial charge >= 0.3 is 6.36 Å². The molecule has 5 rings (SSSR count). The van der Waals surface area contributed by atoms with E-state index >= 15 is 0 Å². The molecule has 0 spiro atoms. The Hall–Kier alpha value is -4.64. The lowest BCUT2D eigenvalue weighted by Gasteiger charge is -2.27. The van der Waals surface area contributed by atoms with E-state index in [4.69, 9.17) is 10.00 Å². The van der Waals surface area contributed by atoms with Gasteiger partial charge in [-0.15, -0.1) is 13.2 Å². The van der Waals surface area contributed by atoms with Crippen molar-refractivity contribution in [3.05, 3.63) is 102 Å². The molecule has 228 valence electrons. The Balaban J connectivity index is 1.30. The number of hydrogen-bond acceptors (Lipinski definition) is 8. The zero-order valence-electron chi connectivity index (χ0n) is 23.1. The molecule has 0 saturated carbocycles. The van der Waals surface area contributed by atoms with Crippen molar-refractivity contribution in [3.8, 4) is 28.7 Å². The number of hydrogen-bond donors (Lipinski definition) is 3. The first-order valence-electron chi connectivity index (χ1n) is 13.5. The summed E-state index contributed by atoms with van der Waals surface area (Å²) >= 11 is 0. The zero-order valence-corrected chi connectivity index (χ0v) is 23.9. The molecule has 1 aliphatic heterocycles. The molecule has 0 fully saturated rings. The molecule has 0 radical (unpaired) electrons. The number of rotatable bonds is 10. The molecule has 2 atom stereocenters. The lowest BCUT2D eigenvalue weighted by atomic mass is 9.97. The fourth-order valence-corrected chi connectivity index (χ4v) is 5.95. The second kappa shape index (κ2) is 12.9. The summed E-state index contributed by atoms with van der Waals surface area (Å²) in [6.07, 6.45) is -1.43. The summed E-state index contributed by atoms with van der Waals surface area (Å²) in [6.45, 7) is 0.831. The first-order chi connectivity index (χ1) is 21.0. The van der Waals surface area contributed by atoms with Crippen molar-refractivity contribution < 1.29 is 36.2 Å². The zero-order chi connectivity index (χ0) is 31.3. The normalized spacial score (nSPS) is 15.4. The van der Waals surface area contributed by atoms with E-state index in [0.29, 0.717) is 48.4 Å². The van der Waals surface area contributed by atoms with Crippen LogP contribution < -0.4 is 19.5 Å². The molecule has 4 aromatic rings. The minimum Gasteiger partial charge on any atom is -0.489 e. The molecular weight excluding hydrogens is 597 g/mol. The Morgan fingerprint density at radius 3 is 2.55 bits per heavy atom. The van der Waals surface area contributed by atoms with Crippen molar-refractivity contribution in [2.24, 2.45) is 0 Å². The first kappa shape index (κ1) is 30.8. The van der Waals surface area contributed by atoms with Gasteiger partial charge in [0.2, 0.25) is 0 Å². The summed E-state index contributed by atoms with van der Waals surface area (Å²) in [7, 11) is -4.49. The fourth-order valence-electron chi connectivity index (χ4n) is 4.78. The van der Waals surface area contributed by atoms with E-state index in [1.165, 1.54) is 30.3 Å². The number of aryl methyl sites for hydroxylation is 1. The van der Waals surface area contributed by atoms with Gasteiger partial charge in [0.15, 0.2) is 5.75 Å². The summed E-state index contributed by atoms with van der Waals surface area (Å²) < 4.78 is 78.6. The molecule has 0 amide bonds. The van der Waals surface area contributed by atoms with Gasteiger partial charge in [-0.25, -0.2) is 8.42 Å². The van der Waals surface area contributed by atoms with Crippen LogP contribution in [0.4, 0.5) is 18.9 Å². The van der Waals surface area contributed by atoms with E-state index in [9.17, 15) is 26.7 Å². The number of nitrogens with one attached hydrogen (secondary N) is 2. The van der Waals surface area contributed by atoms with E-state index in [1.807, 2.05) is 6.07 Å². The highest BCUT2D eigenvalue weighted by molar-refractivity contribution is 7.92. The highest BCUT2D eigenvalue weighted by Gasteiger charge is 2.34. The molecule has 3 N–H and O–H groups in total. The van der Waals surface area contributed by atoms with Crippen molar-refractivity contribution in [3.63, 3.8) is 0 Å². The Labute approximate surface area is 252 Å². The predicted octanol–water partition coefficient (Wildman–Crippen LogP) is 5.34. The van der Waals surface area contributed by atoms with Crippen LogP contribution in [0.25, 0.3) is 11.1 Å². The van der Waals surface area contributed by atoms with Gasteiger partial charge < -0.3 is 19.9 Å². The average Bonchev–Trinajstić information content (AvgIpc) is 3.00. The summed E-state index contributed by atoms with van der Waals surface area (Å²) in [5.41, 5.74) is 2.79. The van der Waals surface area contributed by atoms with Crippen LogP contribution in [0.2, 0.25) is 0 Å². The number of anilines is 1. The lowest BCUT2D eigenvalue weighted by Crippen LogP contribution is -2.36.